The highest BCUT2D eigenvalue weighted by Crippen LogP contribution is 2.51. The average molecular weight is 368 g/mol. The summed E-state index contributed by atoms with van der Waals surface area (Å²) in [4.78, 5) is 10.8. The fraction of sp³-hybridized carbons (Fsp3) is 0.545. The molecule has 1 aliphatic rings. The summed E-state index contributed by atoms with van der Waals surface area (Å²) in [5.41, 5.74) is 0.195. The third-order valence-corrected chi connectivity index (χ3v) is 7.06. The molecule has 2 N–H and O–H groups in total. The van der Waals surface area contributed by atoms with Crippen LogP contribution in [0.15, 0.2) is 14.7 Å². The van der Waals surface area contributed by atoms with Crippen LogP contribution in [0.1, 0.15) is 29.9 Å². The first-order valence-electron chi connectivity index (χ1n) is 5.66. The maximum absolute atomic E-state index is 12.1. The third-order valence-electron chi connectivity index (χ3n) is 3.39. The number of hydrogen-bond donors (Lipinski definition) is 2. The lowest BCUT2D eigenvalue weighted by Gasteiger charge is -2.06. The summed E-state index contributed by atoms with van der Waals surface area (Å²) in [6.45, 7) is 4.57. The van der Waals surface area contributed by atoms with E-state index in [1.807, 2.05) is 0 Å². The zero-order chi connectivity index (χ0) is 14.4. The van der Waals surface area contributed by atoms with Gasteiger partial charge in [0.25, 0.3) is 0 Å². The molecule has 0 saturated heterocycles. The molecule has 0 radical (unpaired) electrons. The SMILES string of the molecule is CC1(C)CC1CNS(=O)(=O)c1cc(C(=O)O)sc1Br. The molecular formula is C11H14BrNO4S2. The largest absolute Gasteiger partial charge is 0.477 e. The van der Waals surface area contributed by atoms with Crippen molar-refractivity contribution in [1.82, 2.24) is 4.72 Å². The van der Waals surface area contributed by atoms with E-state index in [-0.39, 0.29) is 15.2 Å². The molecule has 8 heteroatoms. The minimum atomic E-state index is -3.66. The molecule has 0 bridgehead atoms. The monoisotopic (exact) mass is 367 g/mol. The van der Waals surface area contributed by atoms with Gasteiger partial charge in [-0.25, -0.2) is 17.9 Å². The Morgan fingerprint density at radius 2 is 2.21 bits per heavy atom. The predicted octanol–water partition coefficient (Wildman–Crippen LogP) is 2.53. The molecule has 1 aromatic heterocycles. The third kappa shape index (κ3) is 3.18. The van der Waals surface area contributed by atoms with Gasteiger partial charge in [-0.05, 0) is 39.8 Å². The number of halogens is 1. The highest BCUT2D eigenvalue weighted by atomic mass is 79.9. The van der Waals surface area contributed by atoms with Gasteiger partial charge >= 0.3 is 5.97 Å². The van der Waals surface area contributed by atoms with E-state index in [4.69, 9.17) is 5.11 Å². The molecule has 2 rings (SSSR count). The van der Waals surface area contributed by atoms with E-state index in [2.05, 4.69) is 34.5 Å². The van der Waals surface area contributed by atoms with E-state index in [9.17, 15) is 13.2 Å². The van der Waals surface area contributed by atoms with Crippen molar-refractivity contribution in [2.45, 2.75) is 25.2 Å². The number of nitrogens with one attached hydrogen (secondary N) is 1. The fourth-order valence-electron chi connectivity index (χ4n) is 1.85. The molecule has 19 heavy (non-hydrogen) atoms. The van der Waals surface area contributed by atoms with Crippen molar-refractivity contribution in [2.24, 2.45) is 11.3 Å². The quantitative estimate of drug-likeness (QED) is 0.837. The van der Waals surface area contributed by atoms with Gasteiger partial charge in [0.2, 0.25) is 10.0 Å². The van der Waals surface area contributed by atoms with Crippen molar-refractivity contribution in [2.75, 3.05) is 6.54 Å². The second-order valence-corrected chi connectivity index (χ2v) is 9.40. The molecule has 5 nitrogen and oxygen atoms in total. The second kappa shape index (κ2) is 4.83. The Bertz CT molecular complexity index is 621. The highest BCUT2D eigenvalue weighted by molar-refractivity contribution is 9.11. The maximum atomic E-state index is 12.1. The van der Waals surface area contributed by atoms with Crippen molar-refractivity contribution in [3.05, 3.63) is 14.7 Å². The molecule has 1 unspecified atom stereocenters. The lowest BCUT2D eigenvalue weighted by atomic mass is 10.1. The van der Waals surface area contributed by atoms with Gasteiger partial charge in [0, 0.05) is 6.54 Å². The lowest BCUT2D eigenvalue weighted by molar-refractivity contribution is 0.0702. The molecule has 1 atom stereocenters. The Balaban J connectivity index is 2.13. The van der Waals surface area contributed by atoms with Gasteiger partial charge in [0.1, 0.15) is 9.77 Å². The summed E-state index contributed by atoms with van der Waals surface area (Å²) < 4.78 is 27.1. The zero-order valence-electron chi connectivity index (χ0n) is 10.4. The van der Waals surface area contributed by atoms with Crippen LogP contribution in [0.25, 0.3) is 0 Å². The number of carbonyl (C=O) groups is 1. The van der Waals surface area contributed by atoms with Gasteiger partial charge in [0.05, 0.1) is 3.79 Å². The molecule has 106 valence electrons. The summed E-state index contributed by atoms with van der Waals surface area (Å²) in [5.74, 6) is -0.783. The zero-order valence-corrected chi connectivity index (χ0v) is 13.7. The van der Waals surface area contributed by atoms with E-state index in [1.165, 1.54) is 6.07 Å². The number of hydrogen-bond acceptors (Lipinski definition) is 4. The summed E-state index contributed by atoms with van der Waals surface area (Å²) in [5, 5.41) is 8.86. The molecule has 0 spiro atoms. The molecule has 1 fully saturated rings. The van der Waals surface area contributed by atoms with Crippen LogP contribution in [0.2, 0.25) is 0 Å². The van der Waals surface area contributed by atoms with Crippen LogP contribution < -0.4 is 4.72 Å². The van der Waals surface area contributed by atoms with Crippen LogP contribution in [0.4, 0.5) is 0 Å². The Kier molecular flexibility index (Phi) is 3.81. The lowest BCUT2D eigenvalue weighted by Crippen LogP contribution is -2.26. The molecule has 1 aliphatic carbocycles. The molecule has 0 amide bonds. The number of aromatic carboxylic acids is 1. The predicted molar refractivity (Wildman–Crippen MR) is 76.1 cm³/mol. The van der Waals surface area contributed by atoms with Crippen LogP contribution in [-0.4, -0.2) is 26.0 Å². The van der Waals surface area contributed by atoms with Crippen LogP contribution in [0.5, 0.6) is 0 Å². The van der Waals surface area contributed by atoms with Crippen molar-refractivity contribution >= 4 is 43.3 Å². The highest BCUT2D eigenvalue weighted by Gasteiger charge is 2.45. The van der Waals surface area contributed by atoms with Gasteiger partial charge in [-0.1, -0.05) is 13.8 Å². The van der Waals surface area contributed by atoms with Crippen molar-refractivity contribution in [1.29, 1.82) is 0 Å². The molecular weight excluding hydrogens is 354 g/mol. The first-order chi connectivity index (χ1) is 8.63. The minimum Gasteiger partial charge on any atom is -0.477 e. The van der Waals surface area contributed by atoms with Crippen molar-refractivity contribution in [3.63, 3.8) is 0 Å². The molecule has 1 saturated carbocycles. The Labute approximate surface area is 124 Å². The summed E-state index contributed by atoms with van der Waals surface area (Å²) in [6, 6.07) is 1.18. The second-order valence-electron chi connectivity index (χ2n) is 5.30. The van der Waals surface area contributed by atoms with Crippen LogP contribution in [0.3, 0.4) is 0 Å². The van der Waals surface area contributed by atoms with Gasteiger partial charge < -0.3 is 5.11 Å². The minimum absolute atomic E-state index is 0.000924. The van der Waals surface area contributed by atoms with E-state index in [1.54, 1.807) is 0 Å². The van der Waals surface area contributed by atoms with E-state index >= 15 is 0 Å². The van der Waals surface area contributed by atoms with Gasteiger partial charge in [0.15, 0.2) is 0 Å². The summed E-state index contributed by atoms with van der Waals surface area (Å²) >= 11 is 4.00. The maximum Gasteiger partial charge on any atom is 0.345 e. The number of rotatable bonds is 5. The van der Waals surface area contributed by atoms with Gasteiger partial charge in [-0.2, -0.15) is 0 Å². The fourth-order valence-corrected chi connectivity index (χ4v) is 5.34. The van der Waals surface area contributed by atoms with Crippen LogP contribution in [-0.2, 0) is 10.0 Å². The number of carboxylic acid groups (broad SMARTS) is 1. The van der Waals surface area contributed by atoms with Gasteiger partial charge in [-0.15, -0.1) is 11.3 Å². The average Bonchev–Trinajstić information content (AvgIpc) is 2.69. The van der Waals surface area contributed by atoms with Crippen molar-refractivity contribution in [3.8, 4) is 0 Å². The van der Waals surface area contributed by atoms with E-state index in [0.717, 1.165) is 17.8 Å². The number of thiophene rings is 1. The van der Waals surface area contributed by atoms with Crippen LogP contribution in [0, 0.1) is 11.3 Å². The Hall–Kier alpha value is -0.440. The van der Waals surface area contributed by atoms with Gasteiger partial charge in [-0.3, -0.25) is 0 Å². The Morgan fingerprint density at radius 1 is 1.63 bits per heavy atom. The molecule has 1 heterocycles. The number of sulfonamides is 1. The molecule has 1 aromatic rings. The molecule has 0 aromatic carbocycles. The first-order valence-corrected chi connectivity index (χ1v) is 8.75. The Morgan fingerprint density at radius 3 is 2.63 bits per heavy atom. The summed E-state index contributed by atoms with van der Waals surface area (Å²) in [6.07, 6.45) is 1.00. The molecule has 0 aliphatic heterocycles. The number of carboxylic acids is 1. The topological polar surface area (TPSA) is 83.5 Å². The first kappa shape index (κ1) is 15.0. The van der Waals surface area contributed by atoms with E-state index in [0.29, 0.717) is 16.2 Å². The van der Waals surface area contributed by atoms with Crippen LogP contribution >= 0.6 is 27.3 Å². The normalized spacial score (nSPS) is 21.3. The van der Waals surface area contributed by atoms with E-state index < -0.39 is 16.0 Å². The van der Waals surface area contributed by atoms with Crippen molar-refractivity contribution < 1.29 is 18.3 Å². The standard InChI is InChI=1S/C11H14BrNO4S2/c1-11(2)4-6(11)5-13-19(16,17)8-3-7(10(14)15)18-9(8)12/h3,6,13H,4-5H2,1-2H3,(H,14,15). The summed E-state index contributed by atoms with van der Waals surface area (Å²) in [7, 11) is -3.66. The smallest absolute Gasteiger partial charge is 0.345 e.